The first-order valence-corrected chi connectivity index (χ1v) is 7.83. The number of carbonyl (C=O) groups is 1. The predicted octanol–water partition coefficient (Wildman–Crippen LogP) is 3.04. The minimum absolute atomic E-state index is 0.0236. The predicted molar refractivity (Wildman–Crippen MR) is 91.6 cm³/mol. The molecule has 4 rings (SSSR count). The monoisotopic (exact) mass is 354 g/mol. The van der Waals surface area contributed by atoms with E-state index in [1.807, 2.05) is 6.92 Å². The van der Waals surface area contributed by atoms with Crippen LogP contribution in [0.3, 0.4) is 0 Å². The van der Waals surface area contributed by atoms with Crippen LogP contribution in [-0.2, 0) is 11.3 Å². The second-order valence-corrected chi connectivity index (χ2v) is 6.04. The maximum atomic E-state index is 12.6. The number of hydrogen-bond acceptors (Lipinski definition) is 6. The third-order valence-electron chi connectivity index (χ3n) is 4.22. The summed E-state index contributed by atoms with van der Waals surface area (Å²) in [7, 11) is 0. The molecule has 1 aliphatic heterocycles. The van der Waals surface area contributed by atoms with E-state index < -0.39 is 17.1 Å². The zero-order chi connectivity index (χ0) is 18.4. The number of fused-ring (bicyclic) bond motifs is 2. The van der Waals surface area contributed by atoms with E-state index in [0.29, 0.717) is 11.3 Å². The van der Waals surface area contributed by atoms with Gasteiger partial charge in [0.2, 0.25) is 11.2 Å². The normalized spacial score (nSPS) is 13.3. The van der Waals surface area contributed by atoms with E-state index in [-0.39, 0.29) is 41.3 Å². The van der Waals surface area contributed by atoms with Gasteiger partial charge in [0.15, 0.2) is 12.6 Å². The van der Waals surface area contributed by atoms with Crippen LogP contribution in [0, 0.1) is 6.92 Å². The Balaban J connectivity index is 2.05. The Hall–Kier alpha value is -3.32. The largest absolute Gasteiger partial charge is 0.502 e. The summed E-state index contributed by atoms with van der Waals surface area (Å²) in [6, 6.07) is 7.77. The lowest BCUT2D eigenvalue weighted by Gasteiger charge is -2.21. The quantitative estimate of drug-likeness (QED) is 0.728. The molecule has 0 bridgehead atoms. The van der Waals surface area contributed by atoms with E-state index in [9.17, 15) is 19.8 Å². The van der Waals surface area contributed by atoms with Crippen molar-refractivity contribution in [3.05, 3.63) is 57.2 Å². The van der Waals surface area contributed by atoms with Gasteiger partial charge >= 0.3 is 5.97 Å². The van der Waals surface area contributed by atoms with Crippen LogP contribution in [0.25, 0.3) is 22.3 Å². The molecular formula is C19H14O7. The number of benzene rings is 2. The Kier molecular flexibility index (Phi) is 3.66. The highest BCUT2D eigenvalue weighted by Gasteiger charge is 2.25. The minimum atomic E-state index is -1.15. The molecule has 0 aliphatic carbocycles. The van der Waals surface area contributed by atoms with E-state index in [1.165, 1.54) is 12.1 Å². The summed E-state index contributed by atoms with van der Waals surface area (Å²) in [6.45, 7) is 1.95. The molecule has 1 aliphatic rings. The molecule has 0 spiro atoms. The second kappa shape index (κ2) is 5.89. The molecule has 0 fully saturated rings. The lowest BCUT2D eigenvalue weighted by molar-refractivity contribution is -0.0160. The fraction of sp³-hybridized carbons (Fsp3) is 0.158. The number of rotatable bonds is 2. The molecule has 7 heteroatoms. The van der Waals surface area contributed by atoms with Gasteiger partial charge in [-0.3, -0.25) is 4.79 Å². The number of aromatic hydroxyl groups is 1. The Labute approximate surface area is 147 Å². The van der Waals surface area contributed by atoms with Crippen molar-refractivity contribution in [2.24, 2.45) is 0 Å². The maximum absolute atomic E-state index is 12.6. The standard InChI is InChI=1S/C19H14O7/c1-9-2-3-14-12(4-9)15(20)16(21)18(26-14)13-6-10(19(22)23)5-11-7-24-8-25-17(11)13/h2-6,21H,7-8H2,1H3,(H,22,23). The summed E-state index contributed by atoms with van der Waals surface area (Å²) in [5.74, 6) is -1.56. The fourth-order valence-corrected chi connectivity index (χ4v) is 2.99. The van der Waals surface area contributed by atoms with Crippen molar-refractivity contribution in [2.45, 2.75) is 13.5 Å². The first-order chi connectivity index (χ1) is 12.5. The molecule has 0 amide bonds. The van der Waals surface area contributed by atoms with Gasteiger partial charge in [-0.2, -0.15) is 0 Å². The highest BCUT2D eigenvalue weighted by molar-refractivity contribution is 5.92. The van der Waals surface area contributed by atoms with Crippen molar-refractivity contribution in [1.82, 2.24) is 0 Å². The molecular weight excluding hydrogens is 340 g/mol. The summed E-state index contributed by atoms with van der Waals surface area (Å²) < 4.78 is 16.4. The molecule has 0 atom stereocenters. The molecule has 2 N–H and O–H groups in total. The van der Waals surface area contributed by atoms with Crippen molar-refractivity contribution >= 4 is 16.9 Å². The van der Waals surface area contributed by atoms with Crippen molar-refractivity contribution in [3.63, 3.8) is 0 Å². The Morgan fingerprint density at radius 3 is 2.77 bits per heavy atom. The lowest BCUT2D eigenvalue weighted by Crippen LogP contribution is -2.14. The fourth-order valence-electron chi connectivity index (χ4n) is 2.99. The molecule has 0 saturated heterocycles. The van der Waals surface area contributed by atoms with Crippen LogP contribution in [0.2, 0.25) is 0 Å². The van der Waals surface area contributed by atoms with Gasteiger partial charge in [0.1, 0.15) is 11.3 Å². The number of hydrogen-bond donors (Lipinski definition) is 2. The van der Waals surface area contributed by atoms with Gasteiger partial charge in [-0.1, -0.05) is 11.6 Å². The van der Waals surface area contributed by atoms with Crippen LogP contribution in [0.1, 0.15) is 21.5 Å². The Morgan fingerprint density at radius 2 is 2.00 bits per heavy atom. The van der Waals surface area contributed by atoms with Gasteiger partial charge < -0.3 is 24.1 Å². The van der Waals surface area contributed by atoms with Crippen LogP contribution in [-0.4, -0.2) is 23.0 Å². The van der Waals surface area contributed by atoms with Crippen molar-refractivity contribution in [3.8, 4) is 22.8 Å². The zero-order valence-corrected chi connectivity index (χ0v) is 13.7. The molecule has 2 heterocycles. The molecule has 0 unspecified atom stereocenters. The van der Waals surface area contributed by atoms with Crippen LogP contribution in [0.5, 0.6) is 11.5 Å². The van der Waals surface area contributed by atoms with E-state index in [2.05, 4.69) is 0 Å². The number of carboxylic acid groups (broad SMARTS) is 1. The Bertz CT molecular complexity index is 1110. The topological polar surface area (TPSA) is 106 Å². The Morgan fingerprint density at radius 1 is 1.19 bits per heavy atom. The maximum Gasteiger partial charge on any atom is 0.335 e. The average Bonchev–Trinajstić information content (AvgIpc) is 2.64. The van der Waals surface area contributed by atoms with Crippen LogP contribution >= 0.6 is 0 Å². The SMILES string of the molecule is Cc1ccc2oc(-c3cc(C(=O)O)cc4c3OCOC4)c(O)c(=O)c2c1. The molecule has 3 aromatic rings. The molecule has 26 heavy (non-hydrogen) atoms. The average molecular weight is 354 g/mol. The van der Waals surface area contributed by atoms with Crippen LogP contribution in [0.4, 0.5) is 0 Å². The molecule has 0 radical (unpaired) electrons. The molecule has 1 aromatic heterocycles. The number of ether oxygens (including phenoxy) is 2. The number of aryl methyl sites for hydroxylation is 1. The van der Waals surface area contributed by atoms with E-state index in [0.717, 1.165) is 5.56 Å². The number of aromatic carboxylic acids is 1. The van der Waals surface area contributed by atoms with Gasteiger partial charge in [-0.05, 0) is 31.2 Å². The van der Waals surface area contributed by atoms with Crippen LogP contribution in [0.15, 0.2) is 39.5 Å². The highest BCUT2D eigenvalue weighted by Crippen LogP contribution is 2.40. The highest BCUT2D eigenvalue weighted by atomic mass is 16.7. The first kappa shape index (κ1) is 16.2. The number of carboxylic acids is 1. The lowest BCUT2D eigenvalue weighted by atomic mass is 10.0. The van der Waals surface area contributed by atoms with Gasteiger partial charge in [0, 0.05) is 5.56 Å². The smallest absolute Gasteiger partial charge is 0.335 e. The summed E-state index contributed by atoms with van der Waals surface area (Å²) in [5.41, 5.74) is 1.21. The summed E-state index contributed by atoms with van der Waals surface area (Å²) in [5, 5.41) is 20.0. The van der Waals surface area contributed by atoms with E-state index in [1.54, 1.807) is 18.2 Å². The van der Waals surface area contributed by atoms with Crippen molar-refractivity contribution in [2.75, 3.05) is 6.79 Å². The van der Waals surface area contributed by atoms with E-state index >= 15 is 0 Å². The molecule has 132 valence electrons. The van der Waals surface area contributed by atoms with E-state index in [4.69, 9.17) is 13.9 Å². The third kappa shape index (κ3) is 2.49. The zero-order valence-electron chi connectivity index (χ0n) is 13.7. The minimum Gasteiger partial charge on any atom is -0.502 e. The van der Waals surface area contributed by atoms with Crippen molar-refractivity contribution in [1.29, 1.82) is 0 Å². The second-order valence-electron chi connectivity index (χ2n) is 6.04. The molecule has 7 nitrogen and oxygen atoms in total. The van der Waals surface area contributed by atoms with Gasteiger partial charge in [-0.15, -0.1) is 0 Å². The summed E-state index contributed by atoms with van der Waals surface area (Å²) in [4.78, 5) is 24.0. The first-order valence-electron chi connectivity index (χ1n) is 7.83. The van der Waals surface area contributed by atoms with Gasteiger partial charge in [0.05, 0.1) is 23.1 Å². The molecule has 0 saturated carbocycles. The van der Waals surface area contributed by atoms with Crippen LogP contribution < -0.4 is 10.2 Å². The summed E-state index contributed by atoms with van der Waals surface area (Å²) >= 11 is 0. The summed E-state index contributed by atoms with van der Waals surface area (Å²) in [6.07, 6.45) is 0. The third-order valence-corrected chi connectivity index (χ3v) is 4.22. The molecule has 2 aromatic carbocycles. The van der Waals surface area contributed by atoms with Gasteiger partial charge in [0.25, 0.3) is 0 Å². The van der Waals surface area contributed by atoms with Crippen molar-refractivity contribution < 1.29 is 28.9 Å². The van der Waals surface area contributed by atoms with Gasteiger partial charge in [-0.25, -0.2) is 4.79 Å².